The summed E-state index contributed by atoms with van der Waals surface area (Å²) in [5.41, 5.74) is 7.93. The minimum atomic E-state index is -0.371. The van der Waals surface area contributed by atoms with E-state index in [1.807, 2.05) is 43.4 Å². The summed E-state index contributed by atoms with van der Waals surface area (Å²) < 4.78 is 17.5. The normalized spacial score (nSPS) is 15.7. The Kier molecular flexibility index (Phi) is 6.39. The lowest BCUT2D eigenvalue weighted by Crippen LogP contribution is -2.48. The van der Waals surface area contributed by atoms with Crippen molar-refractivity contribution in [2.75, 3.05) is 57.8 Å². The highest BCUT2D eigenvalue weighted by Crippen LogP contribution is 2.41. The number of hydrogen-bond acceptors (Lipinski definition) is 7. The minimum absolute atomic E-state index is 0.240. The van der Waals surface area contributed by atoms with Crippen LogP contribution in [-0.2, 0) is 6.42 Å². The molecule has 1 fully saturated rings. The van der Waals surface area contributed by atoms with E-state index in [2.05, 4.69) is 4.90 Å². The van der Waals surface area contributed by atoms with Crippen molar-refractivity contribution in [3.63, 3.8) is 0 Å². The highest BCUT2D eigenvalue weighted by Gasteiger charge is 2.31. The van der Waals surface area contributed by atoms with Crippen LogP contribution in [-0.4, -0.2) is 74.7 Å². The minimum Gasteiger partial charge on any atom is -0.492 e. The number of carbonyl (C=O) groups is 2. The third-order valence-corrected chi connectivity index (χ3v) is 7.26. The van der Waals surface area contributed by atoms with Gasteiger partial charge < -0.3 is 34.3 Å². The number of ether oxygens (including phenoxy) is 2. The molecule has 1 saturated heterocycles. The Balaban J connectivity index is 1.31. The predicted octanol–water partition coefficient (Wildman–Crippen LogP) is 3.87. The van der Waals surface area contributed by atoms with Gasteiger partial charge in [0.15, 0.2) is 5.76 Å². The summed E-state index contributed by atoms with van der Waals surface area (Å²) in [5.74, 6) is 1.13. The maximum absolute atomic E-state index is 13.6. The summed E-state index contributed by atoms with van der Waals surface area (Å²) in [6.07, 6.45) is 0.329. The van der Waals surface area contributed by atoms with Crippen LogP contribution < -0.4 is 20.1 Å². The SMILES string of the molecule is CN1CCN(C(=O)Oc2cc3c(c4ccccc24)CCN3C(=O)c2cc3cc(OCCN)ccc3o2)CC1. The molecule has 2 N–H and O–H groups in total. The standard InChI is InChI=1S/C29H30N4O5/c1-31-11-13-32(14-12-31)29(35)38-26-18-24-22(21-4-2-3-5-23(21)26)8-10-33(24)28(34)27-17-19-16-20(36-15-9-30)6-7-25(19)37-27/h2-7,16-18H,8-15,30H2,1H3. The van der Waals surface area contributed by atoms with Gasteiger partial charge in [0.25, 0.3) is 5.91 Å². The van der Waals surface area contributed by atoms with E-state index >= 15 is 0 Å². The van der Waals surface area contributed by atoms with Crippen molar-refractivity contribution in [1.82, 2.24) is 9.80 Å². The smallest absolute Gasteiger partial charge is 0.415 e. The first-order chi connectivity index (χ1) is 18.5. The topological polar surface area (TPSA) is 101 Å². The largest absolute Gasteiger partial charge is 0.492 e. The Labute approximate surface area is 220 Å². The van der Waals surface area contributed by atoms with Crippen LogP contribution in [0.5, 0.6) is 11.5 Å². The number of rotatable bonds is 5. The molecule has 0 spiro atoms. The number of hydrogen-bond donors (Lipinski definition) is 1. The fourth-order valence-electron chi connectivity index (χ4n) is 5.21. The molecule has 9 nitrogen and oxygen atoms in total. The molecule has 196 valence electrons. The van der Waals surface area contributed by atoms with Crippen LogP contribution in [0.2, 0.25) is 0 Å². The lowest BCUT2D eigenvalue weighted by Gasteiger charge is -2.31. The summed E-state index contributed by atoms with van der Waals surface area (Å²) >= 11 is 0. The molecular weight excluding hydrogens is 484 g/mol. The zero-order valence-corrected chi connectivity index (χ0v) is 21.3. The number of fused-ring (bicyclic) bond motifs is 4. The van der Waals surface area contributed by atoms with E-state index in [0.29, 0.717) is 56.3 Å². The maximum atomic E-state index is 13.6. The Morgan fingerprint density at radius 1 is 0.974 bits per heavy atom. The van der Waals surface area contributed by atoms with E-state index in [0.717, 1.165) is 40.5 Å². The van der Waals surface area contributed by atoms with Gasteiger partial charge in [-0.15, -0.1) is 0 Å². The summed E-state index contributed by atoms with van der Waals surface area (Å²) in [6, 6.07) is 16.8. The number of nitrogens with zero attached hydrogens (tertiary/aromatic N) is 3. The van der Waals surface area contributed by atoms with E-state index in [1.165, 1.54) is 0 Å². The van der Waals surface area contributed by atoms with Crippen LogP contribution >= 0.6 is 0 Å². The van der Waals surface area contributed by atoms with E-state index in [9.17, 15) is 9.59 Å². The fraction of sp³-hybridized carbons (Fsp3) is 0.310. The zero-order valence-electron chi connectivity index (χ0n) is 21.3. The molecule has 0 unspecified atom stereocenters. The average Bonchev–Trinajstić information content (AvgIpc) is 3.56. The van der Waals surface area contributed by atoms with Crippen LogP contribution in [0.3, 0.4) is 0 Å². The monoisotopic (exact) mass is 514 g/mol. The van der Waals surface area contributed by atoms with Crippen molar-refractivity contribution in [1.29, 1.82) is 0 Å². The second-order valence-corrected chi connectivity index (χ2v) is 9.73. The van der Waals surface area contributed by atoms with Crippen LogP contribution in [0.15, 0.2) is 59.0 Å². The number of carbonyl (C=O) groups excluding carboxylic acids is 2. The van der Waals surface area contributed by atoms with E-state index < -0.39 is 0 Å². The van der Waals surface area contributed by atoms with Crippen molar-refractivity contribution in [3.8, 4) is 11.5 Å². The second kappa shape index (κ2) is 10.00. The van der Waals surface area contributed by atoms with Gasteiger partial charge >= 0.3 is 6.09 Å². The molecule has 4 aromatic rings. The molecule has 0 atom stereocenters. The Bertz CT molecular complexity index is 1520. The molecule has 0 bridgehead atoms. The van der Waals surface area contributed by atoms with Crippen LogP contribution in [0.4, 0.5) is 10.5 Å². The Hall–Kier alpha value is -4.08. The maximum Gasteiger partial charge on any atom is 0.415 e. The molecule has 38 heavy (non-hydrogen) atoms. The van der Waals surface area contributed by atoms with Gasteiger partial charge in [0.1, 0.15) is 23.7 Å². The van der Waals surface area contributed by atoms with Gasteiger partial charge in [-0.25, -0.2) is 4.79 Å². The van der Waals surface area contributed by atoms with Gasteiger partial charge in [-0.3, -0.25) is 4.79 Å². The number of likely N-dealkylation sites (N-methyl/N-ethyl adjacent to an activating group) is 1. The van der Waals surface area contributed by atoms with Crippen molar-refractivity contribution in [2.24, 2.45) is 5.73 Å². The van der Waals surface area contributed by atoms with Gasteiger partial charge in [-0.1, -0.05) is 24.3 Å². The summed E-state index contributed by atoms with van der Waals surface area (Å²) in [5, 5.41) is 2.62. The summed E-state index contributed by atoms with van der Waals surface area (Å²) in [6.45, 7) is 4.19. The molecule has 0 aliphatic carbocycles. The number of benzene rings is 3. The van der Waals surface area contributed by atoms with Crippen LogP contribution in [0, 0.1) is 0 Å². The van der Waals surface area contributed by atoms with Gasteiger partial charge in [-0.2, -0.15) is 0 Å². The lowest BCUT2D eigenvalue weighted by atomic mass is 10.0. The predicted molar refractivity (Wildman–Crippen MR) is 145 cm³/mol. The number of piperazine rings is 1. The Morgan fingerprint density at radius 3 is 2.55 bits per heavy atom. The highest BCUT2D eigenvalue weighted by molar-refractivity contribution is 6.10. The fourth-order valence-corrected chi connectivity index (χ4v) is 5.21. The average molecular weight is 515 g/mol. The van der Waals surface area contributed by atoms with Crippen molar-refractivity contribution in [2.45, 2.75) is 6.42 Å². The molecule has 6 rings (SSSR count). The lowest BCUT2D eigenvalue weighted by molar-refractivity contribution is 0.0965. The molecule has 2 amide bonds. The highest BCUT2D eigenvalue weighted by atomic mass is 16.6. The van der Waals surface area contributed by atoms with Gasteiger partial charge in [0.2, 0.25) is 0 Å². The molecule has 1 aromatic heterocycles. The molecular formula is C29H30N4O5. The van der Waals surface area contributed by atoms with Crippen LogP contribution in [0.1, 0.15) is 16.1 Å². The number of amides is 2. The number of nitrogens with two attached hydrogens (primary N) is 1. The first-order valence-electron chi connectivity index (χ1n) is 12.9. The van der Waals surface area contributed by atoms with Crippen LogP contribution in [0.25, 0.3) is 21.7 Å². The first kappa shape index (κ1) is 24.3. The first-order valence-corrected chi connectivity index (χ1v) is 12.9. The van der Waals surface area contributed by atoms with Gasteiger partial charge in [0, 0.05) is 56.1 Å². The van der Waals surface area contributed by atoms with Crippen molar-refractivity contribution < 1.29 is 23.5 Å². The molecule has 0 saturated carbocycles. The zero-order chi connectivity index (χ0) is 26.2. The molecule has 0 radical (unpaired) electrons. The van der Waals surface area contributed by atoms with E-state index in [-0.39, 0.29) is 17.8 Å². The third-order valence-electron chi connectivity index (χ3n) is 7.26. The van der Waals surface area contributed by atoms with Gasteiger partial charge in [0.05, 0.1) is 5.69 Å². The molecule has 2 aliphatic heterocycles. The second-order valence-electron chi connectivity index (χ2n) is 9.73. The third kappa shape index (κ3) is 4.44. The van der Waals surface area contributed by atoms with Crippen molar-refractivity contribution >= 4 is 39.4 Å². The summed E-state index contributed by atoms with van der Waals surface area (Å²) in [4.78, 5) is 32.3. The van der Waals surface area contributed by atoms with E-state index in [1.54, 1.807) is 28.0 Å². The Morgan fingerprint density at radius 2 is 1.76 bits per heavy atom. The van der Waals surface area contributed by atoms with Gasteiger partial charge in [-0.05, 0) is 48.7 Å². The number of furan rings is 1. The van der Waals surface area contributed by atoms with E-state index in [4.69, 9.17) is 19.6 Å². The van der Waals surface area contributed by atoms with Crippen molar-refractivity contribution in [3.05, 3.63) is 65.9 Å². The molecule has 9 heteroatoms. The molecule has 2 aliphatic rings. The quantitative estimate of drug-likeness (QED) is 0.431. The molecule has 3 heterocycles. The molecule has 3 aromatic carbocycles. The number of anilines is 1. The summed E-state index contributed by atoms with van der Waals surface area (Å²) in [7, 11) is 2.04.